The zero-order valence-corrected chi connectivity index (χ0v) is 14.4. The fourth-order valence-electron chi connectivity index (χ4n) is 2.08. The number of halogens is 1. The Morgan fingerprint density at radius 2 is 2.00 bits per heavy atom. The third-order valence-electron chi connectivity index (χ3n) is 3.15. The predicted molar refractivity (Wildman–Crippen MR) is 96.9 cm³/mol. The Morgan fingerprint density at radius 3 is 2.65 bits per heavy atom. The number of hydrogen-bond acceptors (Lipinski definition) is 4. The summed E-state index contributed by atoms with van der Waals surface area (Å²) < 4.78 is 0. The van der Waals surface area contributed by atoms with Gasteiger partial charge in [0.05, 0.1) is 6.04 Å². The summed E-state index contributed by atoms with van der Waals surface area (Å²) in [6.07, 6.45) is 4.94. The quantitative estimate of drug-likeness (QED) is 0.665. The van der Waals surface area contributed by atoms with Crippen molar-refractivity contribution < 1.29 is 4.79 Å². The lowest BCUT2D eigenvalue weighted by molar-refractivity contribution is -0.116. The average Bonchev–Trinajstić information content (AvgIpc) is 3.25. The Bertz CT molecular complexity index is 781. The standard InChI is InChI=1S/C17H13ClN2OS2/c18-13-5-3-12(4-6-13)17(14-2-1-10-22-14)20-15(21)7-8-16-19-9-11-23-16/h1-11,17H,(H,20,21). The van der Waals surface area contributed by atoms with Crippen molar-refractivity contribution in [3.8, 4) is 0 Å². The summed E-state index contributed by atoms with van der Waals surface area (Å²) in [5.74, 6) is -0.159. The van der Waals surface area contributed by atoms with Crippen LogP contribution in [0.3, 0.4) is 0 Å². The highest BCUT2D eigenvalue weighted by Crippen LogP contribution is 2.27. The van der Waals surface area contributed by atoms with E-state index in [0.29, 0.717) is 5.02 Å². The maximum Gasteiger partial charge on any atom is 0.244 e. The molecule has 0 bridgehead atoms. The molecule has 0 fully saturated rings. The Balaban J connectivity index is 1.79. The molecule has 0 radical (unpaired) electrons. The summed E-state index contributed by atoms with van der Waals surface area (Å²) in [6, 6.07) is 11.3. The van der Waals surface area contributed by atoms with E-state index in [1.807, 2.05) is 47.2 Å². The molecule has 23 heavy (non-hydrogen) atoms. The van der Waals surface area contributed by atoms with Crippen LogP contribution < -0.4 is 5.32 Å². The number of thiazole rings is 1. The number of amides is 1. The molecule has 0 saturated carbocycles. The Kier molecular flexibility index (Phi) is 5.23. The van der Waals surface area contributed by atoms with Crippen LogP contribution in [0.15, 0.2) is 59.4 Å². The number of thiophene rings is 1. The number of carbonyl (C=O) groups is 1. The van der Waals surface area contributed by atoms with E-state index in [1.165, 1.54) is 17.4 Å². The Labute approximate surface area is 147 Å². The van der Waals surface area contributed by atoms with Crippen molar-refractivity contribution in [1.29, 1.82) is 0 Å². The highest BCUT2D eigenvalue weighted by Gasteiger charge is 2.16. The van der Waals surface area contributed by atoms with Crippen LogP contribution >= 0.6 is 34.3 Å². The summed E-state index contributed by atoms with van der Waals surface area (Å²) in [5, 5.41) is 8.39. The molecule has 0 spiro atoms. The van der Waals surface area contributed by atoms with Gasteiger partial charge in [-0.25, -0.2) is 4.98 Å². The Hall–Kier alpha value is -1.95. The normalized spacial score (nSPS) is 12.4. The van der Waals surface area contributed by atoms with E-state index in [2.05, 4.69) is 10.3 Å². The fraction of sp³-hybridized carbons (Fsp3) is 0.0588. The van der Waals surface area contributed by atoms with Gasteiger partial charge in [-0.15, -0.1) is 22.7 Å². The van der Waals surface area contributed by atoms with E-state index in [9.17, 15) is 4.79 Å². The minimum atomic E-state index is -0.194. The van der Waals surface area contributed by atoms with Crippen LogP contribution in [-0.2, 0) is 4.79 Å². The third kappa shape index (κ3) is 4.28. The number of rotatable bonds is 5. The van der Waals surface area contributed by atoms with Crippen molar-refractivity contribution in [3.63, 3.8) is 0 Å². The molecule has 1 N–H and O–H groups in total. The average molecular weight is 361 g/mol. The monoisotopic (exact) mass is 360 g/mol. The van der Waals surface area contributed by atoms with Crippen LogP contribution in [0.25, 0.3) is 6.08 Å². The third-order valence-corrected chi connectivity index (χ3v) is 5.08. The van der Waals surface area contributed by atoms with Crippen LogP contribution in [-0.4, -0.2) is 10.9 Å². The number of benzene rings is 1. The highest BCUT2D eigenvalue weighted by molar-refractivity contribution is 7.10. The molecule has 0 aliphatic carbocycles. The minimum Gasteiger partial charge on any atom is -0.341 e. The maximum atomic E-state index is 12.2. The number of aromatic nitrogens is 1. The molecule has 1 atom stereocenters. The number of hydrogen-bond donors (Lipinski definition) is 1. The molecule has 0 aliphatic rings. The van der Waals surface area contributed by atoms with Gasteiger partial charge in [-0.2, -0.15) is 0 Å². The van der Waals surface area contributed by atoms with Gasteiger partial charge >= 0.3 is 0 Å². The topological polar surface area (TPSA) is 42.0 Å². The van der Waals surface area contributed by atoms with Gasteiger partial charge in [0, 0.05) is 27.6 Å². The van der Waals surface area contributed by atoms with Crippen LogP contribution in [0.4, 0.5) is 0 Å². The van der Waals surface area contributed by atoms with Gasteiger partial charge in [0.1, 0.15) is 5.01 Å². The first-order valence-electron chi connectivity index (χ1n) is 6.89. The van der Waals surface area contributed by atoms with Crippen LogP contribution in [0, 0.1) is 0 Å². The second kappa shape index (κ2) is 7.55. The van der Waals surface area contributed by atoms with E-state index in [1.54, 1.807) is 23.6 Å². The molecule has 2 heterocycles. The van der Waals surface area contributed by atoms with Crippen molar-refractivity contribution in [2.75, 3.05) is 0 Å². The van der Waals surface area contributed by atoms with E-state index in [-0.39, 0.29) is 11.9 Å². The van der Waals surface area contributed by atoms with Gasteiger partial charge in [0.15, 0.2) is 0 Å². The summed E-state index contributed by atoms with van der Waals surface area (Å²) in [7, 11) is 0. The molecule has 6 heteroatoms. The molecular formula is C17H13ClN2OS2. The van der Waals surface area contributed by atoms with E-state index < -0.39 is 0 Å². The van der Waals surface area contributed by atoms with Crippen molar-refractivity contribution in [1.82, 2.24) is 10.3 Å². The van der Waals surface area contributed by atoms with E-state index in [4.69, 9.17) is 11.6 Å². The first kappa shape index (κ1) is 15.9. The number of nitrogens with zero attached hydrogens (tertiary/aromatic N) is 1. The molecule has 0 saturated heterocycles. The van der Waals surface area contributed by atoms with E-state index >= 15 is 0 Å². The van der Waals surface area contributed by atoms with E-state index in [0.717, 1.165) is 15.4 Å². The molecule has 3 nitrogen and oxygen atoms in total. The lowest BCUT2D eigenvalue weighted by atomic mass is 10.1. The molecule has 0 aliphatic heterocycles. The van der Waals surface area contributed by atoms with Gasteiger partial charge in [0.2, 0.25) is 5.91 Å². The van der Waals surface area contributed by atoms with Crippen molar-refractivity contribution >= 4 is 46.3 Å². The van der Waals surface area contributed by atoms with Gasteiger partial charge in [0.25, 0.3) is 0 Å². The van der Waals surface area contributed by atoms with Crippen molar-refractivity contribution in [3.05, 3.63) is 79.9 Å². The lowest BCUT2D eigenvalue weighted by Crippen LogP contribution is -2.27. The first-order valence-corrected chi connectivity index (χ1v) is 9.03. The summed E-state index contributed by atoms with van der Waals surface area (Å²) >= 11 is 9.05. The van der Waals surface area contributed by atoms with Gasteiger partial charge in [-0.3, -0.25) is 4.79 Å². The van der Waals surface area contributed by atoms with Crippen LogP contribution in [0.1, 0.15) is 21.5 Å². The van der Waals surface area contributed by atoms with Crippen LogP contribution in [0.5, 0.6) is 0 Å². The lowest BCUT2D eigenvalue weighted by Gasteiger charge is -2.17. The molecule has 1 aromatic carbocycles. The fourth-order valence-corrected chi connectivity index (χ4v) is 3.54. The Morgan fingerprint density at radius 1 is 1.17 bits per heavy atom. The molecule has 1 amide bonds. The molecule has 116 valence electrons. The summed E-state index contributed by atoms with van der Waals surface area (Å²) in [6.45, 7) is 0. The first-order chi connectivity index (χ1) is 11.2. The van der Waals surface area contributed by atoms with Crippen molar-refractivity contribution in [2.24, 2.45) is 0 Å². The smallest absolute Gasteiger partial charge is 0.244 e. The summed E-state index contributed by atoms with van der Waals surface area (Å²) in [4.78, 5) is 17.4. The zero-order valence-electron chi connectivity index (χ0n) is 12.0. The predicted octanol–water partition coefficient (Wildman–Crippen LogP) is 4.78. The maximum absolute atomic E-state index is 12.2. The van der Waals surface area contributed by atoms with Crippen molar-refractivity contribution in [2.45, 2.75) is 6.04 Å². The van der Waals surface area contributed by atoms with Crippen LogP contribution in [0.2, 0.25) is 5.02 Å². The number of carbonyl (C=O) groups excluding carboxylic acids is 1. The molecule has 2 aromatic heterocycles. The van der Waals surface area contributed by atoms with Gasteiger partial charge < -0.3 is 5.32 Å². The largest absolute Gasteiger partial charge is 0.341 e. The number of nitrogens with one attached hydrogen (secondary N) is 1. The highest BCUT2D eigenvalue weighted by atomic mass is 35.5. The molecule has 3 aromatic rings. The zero-order chi connectivity index (χ0) is 16.1. The molecule has 1 unspecified atom stereocenters. The SMILES string of the molecule is O=C(C=Cc1nccs1)NC(c1ccc(Cl)cc1)c1cccs1. The second-order valence-electron chi connectivity index (χ2n) is 4.71. The van der Waals surface area contributed by atoms with Gasteiger partial charge in [-0.1, -0.05) is 29.8 Å². The summed E-state index contributed by atoms with van der Waals surface area (Å²) in [5.41, 5.74) is 0.993. The minimum absolute atomic E-state index is 0.159. The second-order valence-corrected chi connectivity index (χ2v) is 7.05. The molecular weight excluding hydrogens is 348 g/mol. The molecule has 3 rings (SSSR count). The van der Waals surface area contributed by atoms with Gasteiger partial charge in [-0.05, 0) is 35.2 Å².